The molecule has 0 bridgehead atoms. The van der Waals surface area contributed by atoms with E-state index in [1.165, 1.54) is 0 Å². The molecule has 0 spiro atoms. The van der Waals surface area contributed by atoms with Crippen LogP contribution in [0.25, 0.3) is 0 Å². The van der Waals surface area contributed by atoms with Crippen LogP contribution in [0.3, 0.4) is 0 Å². The molecule has 1 fully saturated rings. The summed E-state index contributed by atoms with van der Waals surface area (Å²) in [6.07, 6.45) is 2.26. The van der Waals surface area contributed by atoms with E-state index in [4.69, 9.17) is 9.26 Å². The molecule has 0 radical (unpaired) electrons. The highest BCUT2D eigenvalue weighted by atomic mass is 16.5. The zero-order chi connectivity index (χ0) is 12.3. The van der Waals surface area contributed by atoms with E-state index < -0.39 is 5.60 Å². The summed E-state index contributed by atoms with van der Waals surface area (Å²) in [6, 6.07) is 0. The molecule has 2 unspecified atom stereocenters. The van der Waals surface area contributed by atoms with Crippen molar-refractivity contribution in [2.75, 3.05) is 20.2 Å². The smallest absolute Gasteiger partial charge is 0.260 e. The van der Waals surface area contributed by atoms with E-state index in [1.54, 1.807) is 7.11 Å². The van der Waals surface area contributed by atoms with Crippen LogP contribution in [0.2, 0.25) is 0 Å². The lowest BCUT2D eigenvalue weighted by molar-refractivity contribution is 0.0242. The fourth-order valence-corrected chi connectivity index (χ4v) is 2.03. The van der Waals surface area contributed by atoms with Crippen LogP contribution in [0, 0.1) is 0 Å². The average Bonchev–Trinajstić information content (AvgIpc) is 2.95. The number of ether oxygens (including phenoxy) is 1. The summed E-state index contributed by atoms with van der Waals surface area (Å²) in [5, 5.41) is 17.2. The van der Waals surface area contributed by atoms with Gasteiger partial charge in [-0.05, 0) is 19.4 Å². The number of methoxy groups -OCH3 is 1. The van der Waals surface area contributed by atoms with Gasteiger partial charge in [0, 0.05) is 13.7 Å². The van der Waals surface area contributed by atoms with Gasteiger partial charge in [0.05, 0.1) is 0 Å². The molecule has 6 heteroatoms. The topological polar surface area (TPSA) is 80.4 Å². The molecule has 2 rings (SSSR count). The third-order valence-electron chi connectivity index (χ3n) is 3.10. The lowest BCUT2D eigenvalue weighted by atomic mass is 10.0. The van der Waals surface area contributed by atoms with Gasteiger partial charge in [-0.1, -0.05) is 18.5 Å². The van der Waals surface area contributed by atoms with Gasteiger partial charge in [0.15, 0.2) is 5.60 Å². The van der Waals surface area contributed by atoms with Crippen LogP contribution < -0.4 is 5.32 Å². The first-order chi connectivity index (χ1) is 8.19. The van der Waals surface area contributed by atoms with Crippen molar-refractivity contribution in [1.29, 1.82) is 0 Å². The summed E-state index contributed by atoms with van der Waals surface area (Å²) in [5.74, 6) is 0.806. The number of aromatic nitrogens is 2. The molecule has 2 heterocycles. The standard InChI is InChI=1S/C11H19N3O3/c1-3-4-8(16-2)9-13-10(17-14-9)11(15)5-6-12-7-11/h8,12,15H,3-7H2,1-2H3. The Bertz CT molecular complexity index is 361. The maximum atomic E-state index is 10.3. The van der Waals surface area contributed by atoms with Gasteiger partial charge in [0.2, 0.25) is 5.82 Å². The number of hydrogen-bond acceptors (Lipinski definition) is 6. The van der Waals surface area contributed by atoms with E-state index in [1.807, 2.05) is 0 Å². The normalized spacial score (nSPS) is 26.3. The van der Waals surface area contributed by atoms with Crippen molar-refractivity contribution < 1.29 is 14.4 Å². The molecule has 0 aliphatic carbocycles. The van der Waals surface area contributed by atoms with Crippen molar-refractivity contribution in [3.8, 4) is 0 Å². The van der Waals surface area contributed by atoms with Gasteiger partial charge in [-0.15, -0.1) is 0 Å². The predicted octanol–water partition coefficient (Wildman–Crippen LogP) is 0.738. The van der Waals surface area contributed by atoms with Gasteiger partial charge in [0.25, 0.3) is 5.89 Å². The third kappa shape index (κ3) is 2.48. The molecule has 2 N–H and O–H groups in total. The Hall–Kier alpha value is -0.980. The molecular formula is C11H19N3O3. The Morgan fingerprint density at radius 3 is 3.06 bits per heavy atom. The van der Waals surface area contributed by atoms with E-state index in [9.17, 15) is 5.11 Å². The first-order valence-corrected chi connectivity index (χ1v) is 5.99. The second-order valence-corrected chi connectivity index (χ2v) is 4.43. The van der Waals surface area contributed by atoms with Crippen LogP contribution in [0.5, 0.6) is 0 Å². The maximum absolute atomic E-state index is 10.3. The molecule has 96 valence electrons. The van der Waals surface area contributed by atoms with Gasteiger partial charge in [0.1, 0.15) is 6.10 Å². The third-order valence-corrected chi connectivity index (χ3v) is 3.10. The Morgan fingerprint density at radius 1 is 1.65 bits per heavy atom. The summed E-state index contributed by atoms with van der Waals surface area (Å²) in [4.78, 5) is 4.26. The monoisotopic (exact) mass is 241 g/mol. The highest BCUT2D eigenvalue weighted by Gasteiger charge is 2.39. The van der Waals surface area contributed by atoms with E-state index >= 15 is 0 Å². The van der Waals surface area contributed by atoms with Crippen molar-refractivity contribution in [2.24, 2.45) is 0 Å². The minimum absolute atomic E-state index is 0.157. The lowest BCUT2D eigenvalue weighted by Crippen LogP contribution is -2.28. The number of aliphatic hydroxyl groups is 1. The molecule has 6 nitrogen and oxygen atoms in total. The van der Waals surface area contributed by atoms with Gasteiger partial charge >= 0.3 is 0 Å². The Morgan fingerprint density at radius 2 is 2.47 bits per heavy atom. The molecule has 1 aromatic rings. The second-order valence-electron chi connectivity index (χ2n) is 4.43. The molecule has 1 aliphatic rings. The molecule has 0 amide bonds. The van der Waals surface area contributed by atoms with E-state index in [-0.39, 0.29) is 12.0 Å². The first-order valence-electron chi connectivity index (χ1n) is 5.99. The lowest BCUT2D eigenvalue weighted by Gasteiger charge is -2.15. The molecule has 1 aromatic heterocycles. The zero-order valence-corrected chi connectivity index (χ0v) is 10.3. The van der Waals surface area contributed by atoms with Crippen molar-refractivity contribution >= 4 is 0 Å². The van der Waals surface area contributed by atoms with E-state index in [2.05, 4.69) is 22.4 Å². The summed E-state index contributed by atoms with van der Waals surface area (Å²) in [6.45, 7) is 3.29. The molecule has 1 aliphatic heterocycles. The van der Waals surface area contributed by atoms with E-state index in [0.717, 1.165) is 19.4 Å². The minimum Gasteiger partial charge on any atom is -0.379 e. The fourth-order valence-electron chi connectivity index (χ4n) is 2.03. The van der Waals surface area contributed by atoms with Crippen molar-refractivity contribution in [3.63, 3.8) is 0 Å². The Balaban J connectivity index is 2.14. The number of nitrogens with one attached hydrogen (secondary N) is 1. The number of β-amino-alcohol motifs (C(OH)–C–C–N with tert-alkyl or cyclic N) is 1. The van der Waals surface area contributed by atoms with Gasteiger partial charge < -0.3 is 19.7 Å². The SMILES string of the molecule is CCCC(OC)c1noc(C2(O)CCNC2)n1. The highest BCUT2D eigenvalue weighted by Crippen LogP contribution is 2.28. The largest absolute Gasteiger partial charge is 0.379 e. The van der Waals surface area contributed by atoms with Gasteiger partial charge in [-0.2, -0.15) is 4.98 Å². The van der Waals surface area contributed by atoms with Crippen LogP contribution in [0.1, 0.15) is 44.0 Å². The Kier molecular flexibility index (Phi) is 3.76. The van der Waals surface area contributed by atoms with Crippen LogP contribution in [-0.2, 0) is 10.3 Å². The van der Waals surface area contributed by atoms with Crippen LogP contribution in [-0.4, -0.2) is 35.4 Å². The maximum Gasteiger partial charge on any atom is 0.260 e. The Labute approximate surface area is 100 Å². The van der Waals surface area contributed by atoms with Crippen molar-refractivity contribution in [2.45, 2.75) is 37.9 Å². The van der Waals surface area contributed by atoms with Crippen molar-refractivity contribution in [1.82, 2.24) is 15.5 Å². The second kappa shape index (κ2) is 5.12. The van der Waals surface area contributed by atoms with Crippen LogP contribution in [0.4, 0.5) is 0 Å². The average molecular weight is 241 g/mol. The van der Waals surface area contributed by atoms with Crippen molar-refractivity contribution in [3.05, 3.63) is 11.7 Å². The minimum atomic E-state index is -1.02. The number of nitrogens with zero attached hydrogens (tertiary/aromatic N) is 2. The first kappa shape index (κ1) is 12.5. The summed E-state index contributed by atoms with van der Waals surface area (Å²) >= 11 is 0. The molecule has 17 heavy (non-hydrogen) atoms. The molecule has 0 aromatic carbocycles. The van der Waals surface area contributed by atoms with Crippen LogP contribution in [0.15, 0.2) is 4.52 Å². The zero-order valence-electron chi connectivity index (χ0n) is 10.3. The highest BCUT2D eigenvalue weighted by molar-refractivity contribution is 5.04. The quantitative estimate of drug-likeness (QED) is 0.791. The van der Waals surface area contributed by atoms with E-state index in [0.29, 0.717) is 18.8 Å². The van der Waals surface area contributed by atoms with Gasteiger partial charge in [-0.3, -0.25) is 0 Å². The number of hydrogen-bond donors (Lipinski definition) is 2. The number of rotatable bonds is 5. The van der Waals surface area contributed by atoms with Gasteiger partial charge in [-0.25, -0.2) is 0 Å². The molecular weight excluding hydrogens is 222 g/mol. The summed E-state index contributed by atoms with van der Waals surface area (Å²) < 4.78 is 10.5. The predicted molar refractivity (Wildman–Crippen MR) is 60.3 cm³/mol. The fraction of sp³-hybridized carbons (Fsp3) is 0.818. The summed E-state index contributed by atoms with van der Waals surface area (Å²) in [7, 11) is 1.63. The molecule has 1 saturated heterocycles. The summed E-state index contributed by atoms with van der Waals surface area (Å²) in [5.41, 5.74) is -1.02. The van der Waals surface area contributed by atoms with Crippen LogP contribution >= 0.6 is 0 Å². The molecule has 2 atom stereocenters. The molecule has 0 saturated carbocycles.